The van der Waals surface area contributed by atoms with Crippen molar-refractivity contribution in [2.24, 2.45) is 0 Å². The van der Waals surface area contributed by atoms with Gasteiger partial charge < -0.3 is 14.8 Å². The monoisotopic (exact) mass is 347 g/mol. The van der Waals surface area contributed by atoms with Gasteiger partial charge in [0, 0.05) is 5.69 Å². The van der Waals surface area contributed by atoms with Crippen LogP contribution in [-0.4, -0.2) is 12.5 Å². The average Bonchev–Trinajstić information content (AvgIpc) is 2.66. The van der Waals surface area contributed by atoms with E-state index < -0.39 is 0 Å². The van der Waals surface area contributed by atoms with Crippen LogP contribution in [0.4, 0.5) is 5.69 Å². The number of hydrogen-bond acceptors (Lipinski definition) is 3. The zero-order valence-electron chi connectivity index (χ0n) is 14.6. The second-order valence-electron chi connectivity index (χ2n) is 5.85. The largest absolute Gasteiger partial charge is 0.493 e. The number of ether oxygens (including phenoxy) is 2. The molecule has 26 heavy (non-hydrogen) atoms. The molecule has 0 saturated carbocycles. The van der Waals surface area contributed by atoms with Crippen LogP contribution in [0.2, 0.25) is 0 Å². The number of rotatable bonds is 7. The van der Waals surface area contributed by atoms with E-state index in [1.54, 1.807) is 0 Å². The SMILES string of the molecule is Cc1ccccc1OCCC(=O)Nc1ccc(Oc2ccccc2)cc1. The van der Waals surface area contributed by atoms with Crippen LogP contribution in [0.1, 0.15) is 12.0 Å². The van der Waals surface area contributed by atoms with Gasteiger partial charge in [0.1, 0.15) is 17.2 Å². The molecule has 0 aliphatic heterocycles. The van der Waals surface area contributed by atoms with Crippen LogP contribution >= 0.6 is 0 Å². The van der Waals surface area contributed by atoms with E-state index in [1.807, 2.05) is 85.8 Å². The molecule has 0 atom stereocenters. The molecule has 0 aliphatic rings. The molecule has 4 heteroatoms. The maximum Gasteiger partial charge on any atom is 0.227 e. The van der Waals surface area contributed by atoms with E-state index in [1.165, 1.54) is 0 Å². The predicted molar refractivity (Wildman–Crippen MR) is 103 cm³/mol. The maximum absolute atomic E-state index is 12.0. The molecular formula is C22H21NO3. The van der Waals surface area contributed by atoms with E-state index in [4.69, 9.17) is 9.47 Å². The molecule has 0 aromatic heterocycles. The Kier molecular flexibility index (Phi) is 5.88. The summed E-state index contributed by atoms with van der Waals surface area (Å²) in [5.74, 6) is 2.22. The summed E-state index contributed by atoms with van der Waals surface area (Å²) >= 11 is 0. The van der Waals surface area contributed by atoms with Crippen molar-refractivity contribution in [3.05, 3.63) is 84.4 Å². The lowest BCUT2D eigenvalue weighted by Crippen LogP contribution is -2.15. The van der Waals surface area contributed by atoms with Gasteiger partial charge in [-0.25, -0.2) is 0 Å². The Hall–Kier alpha value is -3.27. The van der Waals surface area contributed by atoms with Gasteiger partial charge in [0.2, 0.25) is 5.91 Å². The summed E-state index contributed by atoms with van der Waals surface area (Å²) < 4.78 is 11.4. The molecule has 4 nitrogen and oxygen atoms in total. The van der Waals surface area contributed by atoms with Crippen molar-refractivity contribution >= 4 is 11.6 Å². The Morgan fingerprint density at radius 2 is 1.50 bits per heavy atom. The van der Waals surface area contributed by atoms with Gasteiger partial charge in [0.15, 0.2) is 0 Å². The first-order chi connectivity index (χ1) is 12.7. The van der Waals surface area contributed by atoms with Crippen LogP contribution in [0.5, 0.6) is 17.2 Å². The van der Waals surface area contributed by atoms with Crippen molar-refractivity contribution in [3.8, 4) is 17.2 Å². The molecule has 1 amide bonds. The molecule has 3 aromatic carbocycles. The van der Waals surface area contributed by atoms with Crippen molar-refractivity contribution in [1.29, 1.82) is 0 Å². The van der Waals surface area contributed by atoms with E-state index in [0.717, 1.165) is 28.5 Å². The third-order valence-electron chi connectivity index (χ3n) is 3.80. The predicted octanol–water partition coefficient (Wildman–Crippen LogP) is 5.19. The first kappa shape index (κ1) is 17.5. The lowest BCUT2D eigenvalue weighted by Gasteiger charge is -2.10. The first-order valence-electron chi connectivity index (χ1n) is 8.52. The summed E-state index contributed by atoms with van der Waals surface area (Å²) in [5, 5.41) is 2.86. The number of benzene rings is 3. The Morgan fingerprint density at radius 3 is 2.23 bits per heavy atom. The highest BCUT2D eigenvalue weighted by Crippen LogP contribution is 2.22. The van der Waals surface area contributed by atoms with Crippen LogP contribution in [0.25, 0.3) is 0 Å². The van der Waals surface area contributed by atoms with E-state index >= 15 is 0 Å². The highest BCUT2D eigenvalue weighted by atomic mass is 16.5. The smallest absolute Gasteiger partial charge is 0.227 e. The fourth-order valence-electron chi connectivity index (χ4n) is 2.43. The van der Waals surface area contributed by atoms with Crippen LogP contribution in [0.3, 0.4) is 0 Å². The average molecular weight is 347 g/mol. The fourth-order valence-corrected chi connectivity index (χ4v) is 2.43. The van der Waals surface area contributed by atoms with Crippen LogP contribution in [0.15, 0.2) is 78.9 Å². The van der Waals surface area contributed by atoms with Crippen LogP contribution < -0.4 is 14.8 Å². The number of anilines is 1. The summed E-state index contributed by atoms with van der Waals surface area (Å²) in [6.07, 6.45) is 0.288. The van der Waals surface area contributed by atoms with Gasteiger partial charge in [0.05, 0.1) is 13.0 Å². The molecule has 0 aliphatic carbocycles. The standard InChI is InChI=1S/C22H21NO3/c1-17-7-5-6-10-21(17)25-16-15-22(24)23-18-11-13-20(14-12-18)26-19-8-3-2-4-9-19/h2-14H,15-16H2,1H3,(H,23,24). The second-order valence-corrected chi connectivity index (χ2v) is 5.85. The van der Waals surface area contributed by atoms with Crippen molar-refractivity contribution in [3.63, 3.8) is 0 Å². The van der Waals surface area contributed by atoms with Crippen LogP contribution in [-0.2, 0) is 4.79 Å². The molecule has 0 spiro atoms. The third-order valence-corrected chi connectivity index (χ3v) is 3.80. The number of para-hydroxylation sites is 2. The zero-order chi connectivity index (χ0) is 18.2. The van der Waals surface area contributed by atoms with Gasteiger partial charge in [-0.05, 0) is 55.0 Å². The highest BCUT2D eigenvalue weighted by molar-refractivity contribution is 5.90. The minimum Gasteiger partial charge on any atom is -0.493 e. The number of aryl methyl sites for hydroxylation is 1. The number of carbonyl (C=O) groups is 1. The normalized spacial score (nSPS) is 10.2. The molecule has 0 bridgehead atoms. The van der Waals surface area contributed by atoms with E-state index in [2.05, 4.69) is 5.32 Å². The number of hydrogen-bond donors (Lipinski definition) is 1. The molecular weight excluding hydrogens is 326 g/mol. The first-order valence-corrected chi connectivity index (χ1v) is 8.52. The van der Waals surface area contributed by atoms with Gasteiger partial charge in [-0.3, -0.25) is 4.79 Å². The van der Waals surface area contributed by atoms with Crippen LogP contribution in [0, 0.1) is 6.92 Å². The molecule has 0 fully saturated rings. The van der Waals surface area contributed by atoms with Gasteiger partial charge in [-0.2, -0.15) is 0 Å². The van der Waals surface area contributed by atoms with Crippen molar-refractivity contribution in [2.45, 2.75) is 13.3 Å². The summed E-state index contributed by atoms with van der Waals surface area (Å²) in [7, 11) is 0. The number of carbonyl (C=O) groups excluding carboxylic acids is 1. The van der Waals surface area contributed by atoms with Gasteiger partial charge in [0.25, 0.3) is 0 Å². The van der Waals surface area contributed by atoms with E-state index in [0.29, 0.717) is 6.61 Å². The molecule has 132 valence electrons. The summed E-state index contributed by atoms with van der Waals surface area (Å²) in [6, 6.07) is 24.6. The molecule has 0 unspecified atom stereocenters. The Balaban J connectivity index is 1.46. The van der Waals surface area contributed by atoms with Gasteiger partial charge in [-0.15, -0.1) is 0 Å². The number of amides is 1. The highest BCUT2D eigenvalue weighted by Gasteiger charge is 2.05. The van der Waals surface area contributed by atoms with Crippen molar-refractivity contribution in [2.75, 3.05) is 11.9 Å². The second kappa shape index (κ2) is 8.72. The molecule has 3 rings (SSSR count). The molecule has 1 N–H and O–H groups in total. The molecule has 0 heterocycles. The number of nitrogens with one attached hydrogen (secondary N) is 1. The quantitative estimate of drug-likeness (QED) is 0.639. The maximum atomic E-state index is 12.0. The van der Waals surface area contributed by atoms with Crippen molar-refractivity contribution in [1.82, 2.24) is 0 Å². The third kappa shape index (κ3) is 5.11. The summed E-state index contributed by atoms with van der Waals surface area (Å²) in [5.41, 5.74) is 1.79. The Bertz CT molecular complexity index is 845. The Labute approximate surface area is 153 Å². The molecule has 3 aromatic rings. The lowest BCUT2D eigenvalue weighted by molar-refractivity contribution is -0.116. The minimum atomic E-state index is -0.0877. The lowest BCUT2D eigenvalue weighted by atomic mass is 10.2. The van der Waals surface area contributed by atoms with Gasteiger partial charge >= 0.3 is 0 Å². The zero-order valence-corrected chi connectivity index (χ0v) is 14.6. The van der Waals surface area contributed by atoms with E-state index in [9.17, 15) is 4.79 Å². The minimum absolute atomic E-state index is 0.0877. The van der Waals surface area contributed by atoms with E-state index in [-0.39, 0.29) is 12.3 Å². The van der Waals surface area contributed by atoms with Crippen molar-refractivity contribution < 1.29 is 14.3 Å². The summed E-state index contributed by atoms with van der Waals surface area (Å²) in [6.45, 7) is 2.32. The Morgan fingerprint density at radius 1 is 0.846 bits per heavy atom. The van der Waals surface area contributed by atoms with Gasteiger partial charge in [-0.1, -0.05) is 36.4 Å². The molecule has 0 saturated heterocycles. The fraction of sp³-hybridized carbons (Fsp3) is 0.136. The summed E-state index contributed by atoms with van der Waals surface area (Å²) in [4.78, 5) is 12.0. The topological polar surface area (TPSA) is 47.6 Å². The molecule has 0 radical (unpaired) electrons.